The molecule has 1 aromatic carbocycles. The fraction of sp³-hybridized carbons (Fsp3) is 0.600. The molecule has 1 saturated heterocycles. The van der Waals surface area contributed by atoms with Gasteiger partial charge < -0.3 is 19.8 Å². The summed E-state index contributed by atoms with van der Waals surface area (Å²) in [6, 6.07) is 7.51. The zero-order valence-corrected chi connectivity index (χ0v) is 18.4. The number of rotatable bonds is 8. The number of hydrogen-bond acceptors (Lipinski definition) is 5. The summed E-state index contributed by atoms with van der Waals surface area (Å²) in [4.78, 5) is 18.7. The standard InChI is InChI=1S/C25H34N2O4/c1-31-19-7-8-23-21(14-19)20(10-12-26-23)24(28)9-6-18-11-13-27(16-22(18)25(29)30)15-17-4-2-3-5-17/h7-8,10,12,14,17-18,22,24,28H,2-6,9,11,13,15-16H2,1H3,(H,29,30)/t18-,22+,24?/m1/s1. The van der Waals surface area contributed by atoms with Gasteiger partial charge in [-0.05, 0) is 80.3 Å². The predicted octanol–water partition coefficient (Wildman–Crippen LogP) is 4.27. The van der Waals surface area contributed by atoms with Crippen molar-refractivity contribution < 1.29 is 19.7 Å². The van der Waals surface area contributed by atoms with Crippen molar-refractivity contribution in [1.82, 2.24) is 9.88 Å². The minimum atomic E-state index is -0.699. The molecule has 1 aliphatic heterocycles. The molecule has 0 bridgehead atoms. The molecular formula is C25H34N2O4. The van der Waals surface area contributed by atoms with E-state index in [9.17, 15) is 15.0 Å². The van der Waals surface area contributed by atoms with Gasteiger partial charge in [0.25, 0.3) is 0 Å². The first kappa shape index (κ1) is 22.0. The van der Waals surface area contributed by atoms with Crippen molar-refractivity contribution in [3.8, 4) is 5.75 Å². The summed E-state index contributed by atoms with van der Waals surface area (Å²) >= 11 is 0. The summed E-state index contributed by atoms with van der Waals surface area (Å²) in [6.45, 7) is 2.66. The molecule has 4 rings (SSSR count). The van der Waals surface area contributed by atoms with Gasteiger partial charge in [-0.3, -0.25) is 9.78 Å². The van der Waals surface area contributed by atoms with Crippen molar-refractivity contribution in [2.75, 3.05) is 26.7 Å². The number of piperidine rings is 1. The lowest BCUT2D eigenvalue weighted by atomic mass is 9.81. The Hall–Kier alpha value is -2.18. The van der Waals surface area contributed by atoms with Gasteiger partial charge in [0.1, 0.15) is 5.75 Å². The van der Waals surface area contributed by atoms with Crippen molar-refractivity contribution in [1.29, 1.82) is 0 Å². The first-order valence-electron chi connectivity index (χ1n) is 11.6. The number of pyridine rings is 1. The van der Waals surface area contributed by atoms with E-state index in [4.69, 9.17) is 4.74 Å². The summed E-state index contributed by atoms with van der Waals surface area (Å²) in [5, 5.41) is 21.7. The highest BCUT2D eigenvalue weighted by Crippen LogP contribution is 2.35. The second-order valence-corrected chi connectivity index (χ2v) is 9.28. The number of nitrogens with zero attached hydrogens (tertiary/aromatic N) is 2. The van der Waals surface area contributed by atoms with E-state index in [-0.39, 0.29) is 11.8 Å². The number of likely N-dealkylation sites (tertiary alicyclic amines) is 1. The Morgan fingerprint density at radius 2 is 2.06 bits per heavy atom. The summed E-state index contributed by atoms with van der Waals surface area (Å²) in [5.41, 5.74) is 1.65. The summed E-state index contributed by atoms with van der Waals surface area (Å²) in [6.07, 6.45) is 8.42. The summed E-state index contributed by atoms with van der Waals surface area (Å²) < 4.78 is 5.33. The molecule has 0 spiro atoms. The molecule has 2 heterocycles. The largest absolute Gasteiger partial charge is 0.497 e. The maximum atomic E-state index is 12.0. The van der Waals surface area contributed by atoms with Crippen molar-refractivity contribution >= 4 is 16.9 Å². The number of aliphatic hydroxyl groups is 1. The van der Waals surface area contributed by atoms with Crippen LogP contribution in [0.25, 0.3) is 10.9 Å². The first-order chi connectivity index (χ1) is 15.0. The van der Waals surface area contributed by atoms with Gasteiger partial charge >= 0.3 is 5.97 Å². The van der Waals surface area contributed by atoms with Crippen LogP contribution in [0.1, 0.15) is 56.6 Å². The number of benzene rings is 1. The van der Waals surface area contributed by atoms with Gasteiger partial charge in [-0.25, -0.2) is 0 Å². The van der Waals surface area contributed by atoms with E-state index in [0.717, 1.165) is 47.6 Å². The SMILES string of the molecule is COc1ccc2nccc(C(O)CC[C@@H]3CCN(CC4CCCC4)C[C@@H]3C(=O)O)c2c1. The number of methoxy groups -OCH3 is 1. The minimum Gasteiger partial charge on any atom is -0.497 e. The number of carboxylic acid groups (broad SMARTS) is 1. The summed E-state index contributed by atoms with van der Waals surface area (Å²) in [5.74, 6) is 0.528. The molecular weight excluding hydrogens is 392 g/mol. The average Bonchev–Trinajstić information content (AvgIpc) is 3.30. The number of fused-ring (bicyclic) bond motifs is 1. The molecule has 31 heavy (non-hydrogen) atoms. The zero-order chi connectivity index (χ0) is 21.8. The van der Waals surface area contributed by atoms with Crippen LogP contribution >= 0.6 is 0 Å². The monoisotopic (exact) mass is 426 g/mol. The number of aromatic nitrogens is 1. The molecule has 6 nitrogen and oxygen atoms in total. The Balaban J connectivity index is 1.40. The number of aliphatic carboxylic acids is 1. The van der Waals surface area contributed by atoms with Crippen LogP contribution in [0.4, 0.5) is 0 Å². The lowest BCUT2D eigenvalue weighted by Crippen LogP contribution is -2.45. The number of aliphatic hydroxyl groups excluding tert-OH is 1. The normalized spacial score (nSPS) is 23.8. The molecule has 1 aliphatic carbocycles. The van der Waals surface area contributed by atoms with Gasteiger partial charge in [0.05, 0.1) is 24.6 Å². The fourth-order valence-corrected chi connectivity index (χ4v) is 5.51. The average molecular weight is 427 g/mol. The lowest BCUT2D eigenvalue weighted by molar-refractivity contribution is -0.146. The van der Waals surface area contributed by atoms with E-state index in [0.29, 0.717) is 19.4 Å². The molecule has 6 heteroatoms. The van der Waals surface area contributed by atoms with Crippen molar-refractivity contribution in [3.63, 3.8) is 0 Å². The van der Waals surface area contributed by atoms with Gasteiger partial charge in [-0.15, -0.1) is 0 Å². The lowest BCUT2D eigenvalue weighted by Gasteiger charge is -2.38. The van der Waals surface area contributed by atoms with Gasteiger partial charge in [0, 0.05) is 24.7 Å². The first-order valence-corrected chi connectivity index (χ1v) is 11.6. The second-order valence-electron chi connectivity index (χ2n) is 9.28. The topological polar surface area (TPSA) is 82.9 Å². The van der Waals surface area contributed by atoms with Gasteiger partial charge in [-0.1, -0.05) is 12.8 Å². The number of carboxylic acids is 1. The molecule has 1 unspecified atom stereocenters. The molecule has 0 radical (unpaired) electrons. The molecule has 2 fully saturated rings. The molecule has 1 saturated carbocycles. The van der Waals surface area contributed by atoms with Crippen LogP contribution in [0, 0.1) is 17.8 Å². The van der Waals surface area contributed by atoms with Gasteiger partial charge in [0.15, 0.2) is 0 Å². The van der Waals surface area contributed by atoms with Crippen LogP contribution in [0.15, 0.2) is 30.5 Å². The Morgan fingerprint density at radius 3 is 2.81 bits per heavy atom. The molecule has 1 aromatic heterocycles. The van der Waals surface area contributed by atoms with Crippen LogP contribution in [0.3, 0.4) is 0 Å². The number of hydrogen-bond donors (Lipinski definition) is 2. The number of carbonyl (C=O) groups is 1. The quantitative estimate of drug-likeness (QED) is 0.656. The molecule has 0 amide bonds. The second kappa shape index (κ2) is 9.96. The molecule has 2 aromatic rings. The maximum Gasteiger partial charge on any atom is 0.308 e. The predicted molar refractivity (Wildman–Crippen MR) is 120 cm³/mol. The third-order valence-electron chi connectivity index (χ3n) is 7.30. The molecule has 168 valence electrons. The van der Waals surface area contributed by atoms with E-state index in [2.05, 4.69) is 9.88 Å². The third kappa shape index (κ3) is 5.18. The highest BCUT2D eigenvalue weighted by atomic mass is 16.5. The van der Waals surface area contributed by atoms with Crippen molar-refractivity contribution in [2.24, 2.45) is 17.8 Å². The Bertz CT molecular complexity index is 896. The van der Waals surface area contributed by atoms with Crippen LogP contribution in [0.5, 0.6) is 5.75 Å². The minimum absolute atomic E-state index is 0.106. The number of ether oxygens (including phenoxy) is 1. The molecule has 2 N–H and O–H groups in total. The highest BCUT2D eigenvalue weighted by Gasteiger charge is 2.35. The fourth-order valence-electron chi connectivity index (χ4n) is 5.51. The smallest absolute Gasteiger partial charge is 0.308 e. The van der Waals surface area contributed by atoms with Gasteiger partial charge in [-0.2, -0.15) is 0 Å². The maximum absolute atomic E-state index is 12.0. The van der Waals surface area contributed by atoms with Crippen LogP contribution in [-0.2, 0) is 4.79 Å². The third-order valence-corrected chi connectivity index (χ3v) is 7.30. The van der Waals surface area contributed by atoms with Crippen molar-refractivity contribution in [3.05, 3.63) is 36.0 Å². The Morgan fingerprint density at radius 1 is 1.26 bits per heavy atom. The summed E-state index contributed by atoms with van der Waals surface area (Å²) in [7, 11) is 1.62. The van der Waals surface area contributed by atoms with Crippen molar-refractivity contribution in [2.45, 2.75) is 51.0 Å². The van der Waals surface area contributed by atoms with E-state index < -0.39 is 12.1 Å². The van der Waals surface area contributed by atoms with E-state index in [1.807, 2.05) is 24.3 Å². The van der Waals surface area contributed by atoms with Crippen LogP contribution < -0.4 is 4.74 Å². The van der Waals surface area contributed by atoms with E-state index in [1.165, 1.54) is 25.7 Å². The Labute approximate surface area is 184 Å². The molecule has 2 aliphatic rings. The van der Waals surface area contributed by atoms with E-state index >= 15 is 0 Å². The Kier molecular flexibility index (Phi) is 7.08. The van der Waals surface area contributed by atoms with Gasteiger partial charge in [0.2, 0.25) is 0 Å². The van der Waals surface area contributed by atoms with E-state index in [1.54, 1.807) is 13.3 Å². The van der Waals surface area contributed by atoms with Crippen LogP contribution in [0.2, 0.25) is 0 Å². The van der Waals surface area contributed by atoms with Crippen LogP contribution in [-0.4, -0.2) is 52.8 Å². The zero-order valence-electron chi connectivity index (χ0n) is 18.4. The molecule has 3 atom stereocenters. The highest BCUT2D eigenvalue weighted by molar-refractivity contribution is 5.83.